The van der Waals surface area contributed by atoms with E-state index in [9.17, 15) is 0 Å². The summed E-state index contributed by atoms with van der Waals surface area (Å²) in [6.45, 7) is 0. The lowest BCUT2D eigenvalue weighted by atomic mass is 9.84. The van der Waals surface area contributed by atoms with Gasteiger partial charge < -0.3 is 10.1 Å². The molecule has 2 rings (SSSR count). The number of aryl methyl sites for hydroxylation is 1. The quantitative estimate of drug-likeness (QED) is 0.835. The normalized spacial score (nSPS) is 21.5. The maximum Gasteiger partial charge on any atom is 0.0888 e. The number of aromatic nitrogens is 2. The highest BCUT2D eigenvalue weighted by atomic mass is 16.5. The summed E-state index contributed by atoms with van der Waals surface area (Å²) in [7, 11) is 5.81. The van der Waals surface area contributed by atoms with Crippen LogP contribution in [0, 0.1) is 0 Å². The van der Waals surface area contributed by atoms with E-state index in [0.29, 0.717) is 0 Å². The Bertz CT molecular complexity index is 367. The fourth-order valence-electron chi connectivity index (χ4n) is 3.21. The SMILES string of the molecule is CNC(c1ccn(C)n1)C1(OC)CCCCCC1. The van der Waals surface area contributed by atoms with Crippen LogP contribution in [0.2, 0.25) is 0 Å². The summed E-state index contributed by atoms with van der Waals surface area (Å²) in [5.41, 5.74) is 0.989. The molecule has 18 heavy (non-hydrogen) atoms. The molecule has 0 spiro atoms. The van der Waals surface area contributed by atoms with Gasteiger partial charge in [-0.1, -0.05) is 25.7 Å². The molecule has 1 aliphatic rings. The minimum absolute atomic E-state index is 0.0976. The Labute approximate surface area is 110 Å². The van der Waals surface area contributed by atoms with Crippen molar-refractivity contribution in [3.05, 3.63) is 18.0 Å². The number of hydrogen-bond acceptors (Lipinski definition) is 3. The molecule has 0 radical (unpaired) electrons. The van der Waals surface area contributed by atoms with Crippen molar-refractivity contribution >= 4 is 0 Å². The van der Waals surface area contributed by atoms with Crippen molar-refractivity contribution in [2.24, 2.45) is 7.05 Å². The first-order chi connectivity index (χ1) is 8.72. The molecular formula is C14H25N3O. The van der Waals surface area contributed by atoms with E-state index < -0.39 is 0 Å². The number of nitrogens with one attached hydrogen (secondary N) is 1. The third-order valence-electron chi connectivity index (χ3n) is 4.20. The Balaban J connectivity index is 2.27. The zero-order chi connectivity index (χ0) is 13.0. The molecule has 0 aliphatic heterocycles. The maximum atomic E-state index is 5.96. The second-order valence-electron chi connectivity index (χ2n) is 5.32. The summed E-state index contributed by atoms with van der Waals surface area (Å²) in [4.78, 5) is 0. The molecule has 0 aromatic carbocycles. The monoisotopic (exact) mass is 251 g/mol. The first-order valence-corrected chi connectivity index (χ1v) is 6.94. The van der Waals surface area contributed by atoms with Crippen LogP contribution in [-0.2, 0) is 11.8 Å². The predicted octanol–water partition coefficient (Wildman–Crippen LogP) is 2.42. The van der Waals surface area contributed by atoms with Gasteiger partial charge in [0.1, 0.15) is 0 Å². The average Bonchev–Trinajstić information content (AvgIpc) is 2.66. The number of hydrogen-bond donors (Lipinski definition) is 1. The van der Waals surface area contributed by atoms with E-state index in [1.807, 2.05) is 32.1 Å². The van der Waals surface area contributed by atoms with Gasteiger partial charge in [-0.25, -0.2) is 0 Å². The van der Waals surface area contributed by atoms with Crippen LogP contribution in [0.25, 0.3) is 0 Å². The summed E-state index contributed by atoms with van der Waals surface area (Å²) >= 11 is 0. The first kappa shape index (κ1) is 13.6. The van der Waals surface area contributed by atoms with Gasteiger partial charge in [0.05, 0.1) is 17.3 Å². The highest BCUT2D eigenvalue weighted by Crippen LogP contribution is 2.39. The highest BCUT2D eigenvalue weighted by Gasteiger charge is 2.40. The van der Waals surface area contributed by atoms with Crippen molar-refractivity contribution in [2.45, 2.75) is 50.2 Å². The van der Waals surface area contributed by atoms with Crippen LogP contribution in [0.1, 0.15) is 50.3 Å². The predicted molar refractivity (Wildman–Crippen MR) is 72.5 cm³/mol. The first-order valence-electron chi connectivity index (χ1n) is 6.94. The van der Waals surface area contributed by atoms with Gasteiger partial charge in [0.15, 0.2) is 0 Å². The summed E-state index contributed by atoms with van der Waals surface area (Å²) in [5.74, 6) is 0. The Morgan fingerprint density at radius 3 is 2.44 bits per heavy atom. The van der Waals surface area contributed by atoms with Crippen molar-refractivity contribution in [1.82, 2.24) is 15.1 Å². The Morgan fingerprint density at radius 1 is 1.33 bits per heavy atom. The molecule has 1 aliphatic carbocycles. The van der Waals surface area contributed by atoms with Crippen LogP contribution in [0.3, 0.4) is 0 Å². The molecule has 1 atom stereocenters. The van der Waals surface area contributed by atoms with Gasteiger partial charge in [0.2, 0.25) is 0 Å². The highest BCUT2D eigenvalue weighted by molar-refractivity contribution is 5.12. The van der Waals surface area contributed by atoms with Crippen LogP contribution in [0.4, 0.5) is 0 Å². The molecule has 0 amide bonds. The van der Waals surface area contributed by atoms with E-state index in [-0.39, 0.29) is 11.6 Å². The number of methoxy groups -OCH3 is 1. The maximum absolute atomic E-state index is 5.96. The molecule has 1 aromatic rings. The minimum atomic E-state index is -0.0976. The molecule has 1 heterocycles. The van der Waals surface area contributed by atoms with Crippen LogP contribution >= 0.6 is 0 Å². The topological polar surface area (TPSA) is 39.1 Å². The molecule has 4 nitrogen and oxygen atoms in total. The van der Waals surface area contributed by atoms with Gasteiger partial charge >= 0.3 is 0 Å². The zero-order valence-corrected chi connectivity index (χ0v) is 11.8. The third kappa shape index (κ3) is 2.59. The van der Waals surface area contributed by atoms with Crippen LogP contribution < -0.4 is 5.32 Å². The van der Waals surface area contributed by atoms with Gasteiger partial charge in [0.25, 0.3) is 0 Å². The van der Waals surface area contributed by atoms with Gasteiger partial charge in [-0.05, 0) is 26.0 Å². The van der Waals surface area contributed by atoms with Gasteiger partial charge in [-0.2, -0.15) is 5.10 Å². The van der Waals surface area contributed by atoms with E-state index in [1.54, 1.807) is 0 Å². The molecule has 1 fully saturated rings. The van der Waals surface area contributed by atoms with Crippen molar-refractivity contribution in [3.63, 3.8) is 0 Å². The second-order valence-corrected chi connectivity index (χ2v) is 5.32. The summed E-state index contributed by atoms with van der Waals surface area (Å²) in [6.07, 6.45) is 9.38. The van der Waals surface area contributed by atoms with Crippen LogP contribution in [0.5, 0.6) is 0 Å². The smallest absolute Gasteiger partial charge is 0.0888 e. The van der Waals surface area contributed by atoms with E-state index in [0.717, 1.165) is 18.5 Å². The molecular weight excluding hydrogens is 226 g/mol. The molecule has 1 N–H and O–H groups in total. The molecule has 1 saturated carbocycles. The molecule has 4 heteroatoms. The third-order valence-corrected chi connectivity index (χ3v) is 4.20. The number of rotatable bonds is 4. The van der Waals surface area contributed by atoms with Crippen molar-refractivity contribution in [3.8, 4) is 0 Å². The van der Waals surface area contributed by atoms with E-state index >= 15 is 0 Å². The fraction of sp³-hybridized carbons (Fsp3) is 0.786. The van der Waals surface area contributed by atoms with Gasteiger partial charge in [0, 0.05) is 20.4 Å². The largest absolute Gasteiger partial charge is 0.376 e. The summed E-state index contributed by atoms with van der Waals surface area (Å²) < 4.78 is 7.82. The van der Waals surface area contributed by atoms with Crippen molar-refractivity contribution in [1.29, 1.82) is 0 Å². The summed E-state index contributed by atoms with van der Waals surface area (Å²) in [6, 6.07) is 2.27. The van der Waals surface area contributed by atoms with Crippen molar-refractivity contribution < 1.29 is 4.74 Å². The molecule has 102 valence electrons. The molecule has 0 bridgehead atoms. The summed E-state index contributed by atoms with van der Waals surface area (Å²) in [5, 5.41) is 7.97. The number of ether oxygens (including phenoxy) is 1. The Morgan fingerprint density at radius 2 is 2.00 bits per heavy atom. The molecule has 1 unspecified atom stereocenters. The standard InChI is InChI=1S/C14H25N3O/c1-15-13(12-8-11-17(2)16-12)14(18-3)9-6-4-5-7-10-14/h8,11,13,15H,4-7,9-10H2,1-3H3. The van der Waals surface area contributed by atoms with Crippen LogP contribution in [-0.4, -0.2) is 29.5 Å². The molecule has 0 saturated heterocycles. The van der Waals surface area contributed by atoms with E-state index in [1.165, 1.54) is 25.7 Å². The van der Waals surface area contributed by atoms with Crippen molar-refractivity contribution in [2.75, 3.05) is 14.2 Å². The van der Waals surface area contributed by atoms with Gasteiger partial charge in [-0.15, -0.1) is 0 Å². The average molecular weight is 251 g/mol. The van der Waals surface area contributed by atoms with E-state index in [2.05, 4.69) is 16.5 Å². The lowest BCUT2D eigenvalue weighted by Crippen LogP contribution is -2.44. The number of nitrogens with zero attached hydrogens (tertiary/aromatic N) is 2. The fourth-order valence-corrected chi connectivity index (χ4v) is 3.21. The Hall–Kier alpha value is -0.870. The Kier molecular flexibility index (Phi) is 4.40. The second kappa shape index (κ2) is 5.85. The zero-order valence-electron chi connectivity index (χ0n) is 11.8. The minimum Gasteiger partial charge on any atom is -0.376 e. The van der Waals surface area contributed by atoms with E-state index in [4.69, 9.17) is 4.74 Å². The molecule has 1 aromatic heterocycles. The lowest BCUT2D eigenvalue weighted by molar-refractivity contribution is -0.0533. The lowest BCUT2D eigenvalue weighted by Gasteiger charge is -2.38. The van der Waals surface area contributed by atoms with Gasteiger partial charge in [-0.3, -0.25) is 4.68 Å². The van der Waals surface area contributed by atoms with Crippen LogP contribution in [0.15, 0.2) is 12.3 Å². The number of likely N-dealkylation sites (N-methyl/N-ethyl adjacent to an activating group) is 1.